The van der Waals surface area contributed by atoms with Gasteiger partial charge in [-0.3, -0.25) is 0 Å². The van der Waals surface area contributed by atoms with Crippen molar-refractivity contribution in [2.45, 2.75) is 45.6 Å². The van der Waals surface area contributed by atoms with Gasteiger partial charge in [-0.25, -0.2) is 0 Å². The number of hydrogen-bond donors (Lipinski definition) is 1. The van der Waals surface area contributed by atoms with E-state index in [4.69, 9.17) is 10.5 Å². The van der Waals surface area contributed by atoms with Crippen LogP contribution >= 0.6 is 0 Å². The molecule has 0 aliphatic heterocycles. The van der Waals surface area contributed by atoms with Crippen LogP contribution in [-0.4, -0.2) is 7.11 Å². The molecule has 2 heteroatoms. The normalized spacial score (nSPS) is 12.5. The van der Waals surface area contributed by atoms with Crippen molar-refractivity contribution < 1.29 is 4.74 Å². The number of unbranched alkanes of at least 4 members (excludes halogenated alkanes) is 2. The molecule has 0 aliphatic carbocycles. The van der Waals surface area contributed by atoms with Gasteiger partial charge in [0.1, 0.15) is 5.75 Å². The molecule has 0 saturated heterocycles. The Morgan fingerprint density at radius 2 is 2.06 bits per heavy atom. The summed E-state index contributed by atoms with van der Waals surface area (Å²) in [5.41, 5.74) is 8.58. The van der Waals surface area contributed by atoms with E-state index in [1.54, 1.807) is 7.11 Å². The molecule has 0 saturated carbocycles. The van der Waals surface area contributed by atoms with E-state index in [1.165, 1.54) is 24.8 Å². The maximum Gasteiger partial charge on any atom is 0.123 e. The van der Waals surface area contributed by atoms with Crippen LogP contribution < -0.4 is 10.5 Å². The summed E-state index contributed by atoms with van der Waals surface area (Å²) in [5, 5.41) is 0. The molecule has 16 heavy (non-hydrogen) atoms. The molecule has 2 N–H and O–H groups in total. The van der Waals surface area contributed by atoms with E-state index in [9.17, 15) is 0 Å². The molecule has 1 aromatic carbocycles. The van der Waals surface area contributed by atoms with Crippen molar-refractivity contribution in [2.75, 3.05) is 7.11 Å². The second-order valence-electron chi connectivity index (χ2n) is 4.35. The first-order valence-electron chi connectivity index (χ1n) is 6.09. The minimum Gasteiger partial charge on any atom is -0.496 e. The number of methoxy groups -OCH3 is 1. The van der Waals surface area contributed by atoms with Gasteiger partial charge in [-0.1, -0.05) is 43.9 Å². The van der Waals surface area contributed by atoms with Crippen molar-refractivity contribution in [1.29, 1.82) is 0 Å². The van der Waals surface area contributed by atoms with Gasteiger partial charge in [0.15, 0.2) is 0 Å². The lowest BCUT2D eigenvalue weighted by Crippen LogP contribution is -2.11. The molecule has 1 aromatic rings. The average molecular weight is 221 g/mol. The second-order valence-corrected chi connectivity index (χ2v) is 4.35. The standard InChI is InChI=1S/C14H23NO/c1-4-5-6-7-13(15)12-10-11(2)8-9-14(12)16-3/h8-10,13H,4-7,15H2,1-3H3. The minimum absolute atomic E-state index is 0.0985. The third-order valence-corrected chi connectivity index (χ3v) is 2.90. The Balaban J connectivity index is 2.72. The molecule has 0 bridgehead atoms. The third-order valence-electron chi connectivity index (χ3n) is 2.90. The van der Waals surface area contributed by atoms with Crippen LogP contribution in [0.25, 0.3) is 0 Å². The van der Waals surface area contributed by atoms with Gasteiger partial charge in [0, 0.05) is 11.6 Å². The first-order chi connectivity index (χ1) is 7.69. The summed E-state index contributed by atoms with van der Waals surface area (Å²) < 4.78 is 5.35. The molecule has 1 atom stereocenters. The van der Waals surface area contributed by atoms with Crippen LogP contribution in [0.5, 0.6) is 5.75 Å². The van der Waals surface area contributed by atoms with Crippen molar-refractivity contribution in [3.05, 3.63) is 29.3 Å². The van der Waals surface area contributed by atoms with Crippen molar-refractivity contribution in [1.82, 2.24) is 0 Å². The lowest BCUT2D eigenvalue weighted by molar-refractivity contribution is 0.403. The van der Waals surface area contributed by atoms with Gasteiger partial charge in [0.25, 0.3) is 0 Å². The molecule has 0 fully saturated rings. The predicted molar refractivity (Wildman–Crippen MR) is 68.8 cm³/mol. The van der Waals surface area contributed by atoms with Gasteiger partial charge < -0.3 is 10.5 Å². The molecule has 0 heterocycles. The number of rotatable bonds is 6. The topological polar surface area (TPSA) is 35.2 Å². The molecule has 1 unspecified atom stereocenters. The van der Waals surface area contributed by atoms with E-state index < -0.39 is 0 Å². The van der Waals surface area contributed by atoms with Crippen LogP contribution in [0.2, 0.25) is 0 Å². The molecular formula is C14H23NO. The van der Waals surface area contributed by atoms with Gasteiger partial charge in [0.05, 0.1) is 7.11 Å². The number of hydrogen-bond acceptors (Lipinski definition) is 2. The van der Waals surface area contributed by atoms with Crippen molar-refractivity contribution >= 4 is 0 Å². The third kappa shape index (κ3) is 3.53. The number of nitrogens with two attached hydrogens (primary N) is 1. The number of aryl methyl sites for hydroxylation is 1. The Kier molecular flexibility index (Phi) is 5.33. The van der Waals surface area contributed by atoms with Gasteiger partial charge >= 0.3 is 0 Å². The van der Waals surface area contributed by atoms with Gasteiger partial charge in [-0.15, -0.1) is 0 Å². The highest BCUT2D eigenvalue weighted by Crippen LogP contribution is 2.27. The quantitative estimate of drug-likeness (QED) is 0.745. The van der Waals surface area contributed by atoms with Crippen LogP contribution in [0.15, 0.2) is 18.2 Å². The Labute approximate surface area is 98.8 Å². The maximum absolute atomic E-state index is 6.20. The Morgan fingerprint density at radius 1 is 1.31 bits per heavy atom. The summed E-state index contributed by atoms with van der Waals surface area (Å²) in [4.78, 5) is 0. The van der Waals surface area contributed by atoms with Crippen LogP contribution in [0.4, 0.5) is 0 Å². The zero-order chi connectivity index (χ0) is 12.0. The molecule has 1 rings (SSSR count). The first kappa shape index (κ1) is 13.0. The first-order valence-corrected chi connectivity index (χ1v) is 6.09. The Morgan fingerprint density at radius 3 is 2.69 bits per heavy atom. The highest BCUT2D eigenvalue weighted by atomic mass is 16.5. The van der Waals surface area contributed by atoms with Crippen LogP contribution in [0, 0.1) is 6.92 Å². The second kappa shape index (κ2) is 6.54. The van der Waals surface area contributed by atoms with E-state index in [0.717, 1.165) is 17.7 Å². The minimum atomic E-state index is 0.0985. The monoisotopic (exact) mass is 221 g/mol. The summed E-state index contributed by atoms with van der Waals surface area (Å²) in [6, 6.07) is 6.29. The molecule has 90 valence electrons. The zero-order valence-electron chi connectivity index (χ0n) is 10.6. The summed E-state index contributed by atoms with van der Waals surface area (Å²) in [6.07, 6.45) is 4.71. The summed E-state index contributed by atoms with van der Waals surface area (Å²) >= 11 is 0. The van der Waals surface area contributed by atoms with E-state index >= 15 is 0 Å². The zero-order valence-corrected chi connectivity index (χ0v) is 10.6. The molecular weight excluding hydrogens is 198 g/mol. The summed E-state index contributed by atoms with van der Waals surface area (Å²) in [5.74, 6) is 0.912. The average Bonchev–Trinajstić information content (AvgIpc) is 2.29. The molecule has 0 amide bonds. The van der Waals surface area contributed by atoms with Crippen molar-refractivity contribution in [2.24, 2.45) is 5.73 Å². The fraction of sp³-hybridized carbons (Fsp3) is 0.571. The molecule has 0 aromatic heterocycles. The predicted octanol–water partition coefficient (Wildman–Crippen LogP) is 3.58. The Bertz CT molecular complexity index is 323. The number of benzene rings is 1. The van der Waals surface area contributed by atoms with Crippen molar-refractivity contribution in [3.8, 4) is 5.75 Å². The fourth-order valence-electron chi connectivity index (χ4n) is 1.91. The van der Waals surface area contributed by atoms with E-state index in [1.807, 2.05) is 6.07 Å². The van der Waals surface area contributed by atoms with E-state index in [-0.39, 0.29) is 6.04 Å². The fourth-order valence-corrected chi connectivity index (χ4v) is 1.91. The highest BCUT2D eigenvalue weighted by Gasteiger charge is 2.11. The Hall–Kier alpha value is -1.02. The number of ether oxygens (including phenoxy) is 1. The molecule has 2 nitrogen and oxygen atoms in total. The highest BCUT2D eigenvalue weighted by molar-refractivity contribution is 5.38. The van der Waals surface area contributed by atoms with E-state index in [0.29, 0.717) is 0 Å². The molecule has 0 spiro atoms. The summed E-state index contributed by atoms with van der Waals surface area (Å²) in [7, 11) is 1.70. The summed E-state index contributed by atoms with van der Waals surface area (Å²) in [6.45, 7) is 4.29. The lowest BCUT2D eigenvalue weighted by Gasteiger charge is -2.16. The van der Waals surface area contributed by atoms with Gasteiger partial charge in [0.2, 0.25) is 0 Å². The maximum atomic E-state index is 6.20. The van der Waals surface area contributed by atoms with Crippen molar-refractivity contribution in [3.63, 3.8) is 0 Å². The van der Waals surface area contributed by atoms with Crippen LogP contribution in [0.1, 0.15) is 49.8 Å². The van der Waals surface area contributed by atoms with Crippen LogP contribution in [-0.2, 0) is 0 Å². The lowest BCUT2D eigenvalue weighted by atomic mass is 9.99. The molecule has 0 radical (unpaired) electrons. The van der Waals surface area contributed by atoms with E-state index in [2.05, 4.69) is 26.0 Å². The van der Waals surface area contributed by atoms with Gasteiger partial charge in [-0.2, -0.15) is 0 Å². The SMILES string of the molecule is CCCCCC(N)c1cc(C)ccc1OC. The molecule has 0 aliphatic rings. The smallest absolute Gasteiger partial charge is 0.123 e. The largest absolute Gasteiger partial charge is 0.496 e. The van der Waals surface area contributed by atoms with Gasteiger partial charge in [-0.05, 0) is 19.4 Å². The van der Waals surface area contributed by atoms with Crippen LogP contribution in [0.3, 0.4) is 0 Å².